The molecule has 9 aromatic carbocycles. The van der Waals surface area contributed by atoms with Gasteiger partial charge in [-0.2, -0.15) is 0 Å². The van der Waals surface area contributed by atoms with Crippen molar-refractivity contribution < 1.29 is 4.42 Å². The number of anilines is 3. The molecule has 2 heterocycles. The highest BCUT2D eigenvalue weighted by atomic mass is 16.3. The van der Waals surface area contributed by atoms with E-state index >= 15 is 0 Å². The Kier molecular flexibility index (Phi) is 7.14. The molecule has 0 saturated carbocycles. The van der Waals surface area contributed by atoms with Gasteiger partial charge in [-0.05, 0) is 88.6 Å². The van der Waals surface area contributed by atoms with Crippen molar-refractivity contribution in [3.05, 3.63) is 200 Å². The topological polar surface area (TPSA) is 34.2 Å². The van der Waals surface area contributed by atoms with Crippen LogP contribution in [0.2, 0.25) is 0 Å². The zero-order chi connectivity index (χ0) is 36.3. The van der Waals surface area contributed by atoms with Gasteiger partial charge in [0.2, 0.25) is 0 Å². The van der Waals surface area contributed by atoms with Crippen LogP contribution in [-0.4, -0.2) is 9.55 Å². The molecule has 0 aliphatic rings. The average molecular weight is 704 g/mol. The molecule has 0 bridgehead atoms. The Labute approximate surface area is 317 Å². The Morgan fingerprint density at radius 3 is 1.60 bits per heavy atom. The molecule has 4 heteroatoms. The number of furan rings is 1. The van der Waals surface area contributed by atoms with Gasteiger partial charge in [0.15, 0.2) is 0 Å². The number of imidazole rings is 1. The first-order chi connectivity index (χ1) is 27.3. The fourth-order valence-electron chi connectivity index (χ4n) is 8.22. The first-order valence-corrected chi connectivity index (χ1v) is 18.6. The quantitative estimate of drug-likeness (QED) is 0.162. The van der Waals surface area contributed by atoms with E-state index < -0.39 is 0 Å². The van der Waals surface area contributed by atoms with Gasteiger partial charge in [0.25, 0.3) is 0 Å². The minimum atomic E-state index is 0.859. The van der Waals surface area contributed by atoms with Crippen LogP contribution in [0.1, 0.15) is 0 Å². The van der Waals surface area contributed by atoms with E-state index in [-0.39, 0.29) is 0 Å². The molecule has 11 rings (SSSR count). The zero-order valence-corrected chi connectivity index (χ0v) is 29.8. The lowest BCUT2D eigenvalue weighted by Gasteiger charge is -2.26. The van der Waals surface area contributed by atoms with E-state index in [1.807, 2.05) is 12.1 Å². The Hall–Kier alpha value is -7.43. The number of benzene rings is 9. The lowest BCUT2D eigenvalue weighted by molar-refractivity contribution is 0.669. The molecule has 0 atom stereocenters. The summed E-state index contributed by atoms with van der Waals surface area (Å²) in [5.74, 6) is 0.900. The Balaban J connectivity index is 1.09. The summed E-state index contributed by atoms with van der Waals surface area (Å²) in [6, 6.07) is 70.7. The number of hydrogen-bond donors (Lipinski definition) is 0. The summed E-state index contributed by atoms with van der Waals surface area (Å²) in [5, 5.41) is 6.99. The molecule has 0 spiro atoms. The SMILES string of the molecule is c1ccc(-c2ccc(N(c3ccc(-c4nc5c6ccccc6c6ccccc6c5n4-c4ccccc4)cc3)c3ccc4c(c3)oc3ccccc34)cc2)cc1. The van der Waals surface area contributed by atoms with Gasteiger partial charge in [0, 0.05) is 55.9 Å². The first-order valence-electron chi connectivity index (χ1n) is 18.6. The third-order valence-electron chi connectivity index (χ3n) is 10.8. The number of aromatic nitrogens is 2. The molecule has 0 N–H and O–H groups in total. The van der Waals surface area contributed by atoms with Crippen LogP contribution in [0.25, 0.3) is 82.7 Å². The molecule has 11 aromatic rings. The highest BCUT2D eigenvalue weighted by Gasteiger charge is 2.21. The average Bonchev–Trinajstić information content (AvgIpc) is 3.85. The van der Waals surface area contributed by atoms with Crippen molar-refractivity contribution in [3.8, 4) is 28.2 Å². The Morgan fingerprint density at radius 1 is 0.382 bits per heavy atom. The largest absolute Gasteiger partial charge is 0.456 e. The maximum Gasteiger partial charge on any atom is 0.145 e. The predicted octanol–water partition coefficient (Wildman–Crippen LogP) is 14.0. The lowest BCUT2D eigenvalue weighted by Crippen LogP contribution is -2.10. The fourth-order valence-corrected chi connectivity index (χ4v) is 8.22. The standard InChI is InChI=1S/C51H33N3O/c1-3-13-34(14-4-1)35-23-27-38(28-24-35)53(40-31-32-44-43-19-11-12-22-47(43)55-48(44)33-40)39-29-25-36(26-30-39)51-52-49-45-20-9-7-17-41(45)42-18-8-10-21-46(42)50(49)54(51)37-15-5-2-6-16-37/h1-33H. The summed E-state index contributed by atoms with van der Waals surface area (Å²) in [6.45, 7) is 0. The molecule has 258 valence electrons. The van der Waals surface area contributed by atoms with Crippen LogP contribution in [0.4, 0.5) is 17.1 Å². The van der Waals surface area contributed by atoms with Gasteiger partial charge >= 0.3 is 0 Å². The molecule has 0 aliphatic carbocycles. The van der Waals surface area contributed by atoms with Gasteiger partial charge in [0.05, 0.1) is 11.0 Å². The molecule has 0 amide bonds. The van der Waals surface area contributed by atoms with E-state index in [1.165, 1.54) is 27.3 Å². The van der Waals surface area contributed by atoms with Crippen LogP contribution in [0.3, 0.4) is 0 Å². The number of fused-ring (bicyclic) bond motifs is 9. The van der Waals surface area contributed by atoms with Gasteiger partial charge < -0.3 is 9.32 Å². The molecular formula is C51H33N3O. The molecule has 2 aromatic heterocycles. The van der Waals surface area contributed by atoms with Crippen molar-refractivity contribution in [1.29, 1.82) is 0 Å². The van der Waals surface area contributed by atoms with E-state index in [4.69, 9.17) is 9.40 Å². The number of para-hydroxylation sites is 2. The molecule has 4 nitrogen and oxygen atoms in total. The van der Waals surface area contributed by atoms with Crippen molar-refractivity contribution >= 4 is 71.6 Å². The maximum atomic E-state index is 6.38. The second-order valence-corrected chi connectivity index (χ2v) is 14.0. The molecule has 0 saturated heterocycles. The smallest absolute Gasteiger partial charge is 0.145 e. The fraction of sp³-hybridized carbons (Fsp3) is 0. The predicted molar refractivity (Wildman–Crippen MR) is 229 cm³/mol. The van der Waals surface area contributed by atoms with Crippen molar-refractivity contribution in [1.82, 2.24) is 9.55 Å². The van der Waals surface area contributed by atoms with Gasteiger partial charge in [-0.1, -0.05) is 127 Å². The number of rotatable bonds is 6. The third kappa shape index (κ3) is 5.11. The van der Waals surface area contributed by atoms with Gasteiger partial charge in [-0.15, -0.1) is 0 Å². The zero-order valence-electron chi connectivity index (χ0n) is 29.8. The third-order valence-corrected chi connectivity index (χ3v) is 10.8. The summed E-state index contributed by atoms with van der Waals surface area (Å²) in [5.41, 5.74) is 11.4. The molecule has 0 unspecified atom stereocenters. The van der Waals surface area contributed by atoms with E-state index in [0.717, 1.165) is 72.5 Å². The van der Waals surface area contributed by atoms with E-state index in [0.29, 0.717) is 0 Å². The number of nitrogens with zero attached hydrogens (tertiary/aromatic N) is 3. The minimum absolute atomic E-state index is 0.859. The highest BCUT2D eigenvalue weighted by molar-refractivity contribution is 6.24. The Bertz CT molecular complexity index is 3180. The molecule has 0 fully saturated rings. The summed E-state index contributed by atoms with van der Waals surface area (Å²) in [6.07, 6.45) is 0. The van der Waals surface area contributed by atoms with Crippen LogP contribution in [0, 0.1) is 0 Å². The number of hydrogen-bond acceptors (Lipinski definition) is 3. The van der Waals surface area contributed by atoms with Crippen LogP contribution in [0.15, 0.2) is 205 Å². The van der Waals surface area contributed by atoms with E-state index in [9.17, 15) is 0 Å². The minimum Gasteiger partial charge on any atom is -0.456 e. The van der Waals surface area contributed by atoms with Crippen LogP contribution in [-0.2, 0) is 0 Å². The van der Waals surface area contributed by atoms with Gasteiger partial charge in [-0.25, -0.2) is 4.98 Å². The normalized spacial score (nSPS) is 11.6. The lowest BCUT2D eigenvalue weighted by atomic mass is 10.00. The second-order valence-electron chi connectivity index (χ2n) is 14.0. The molecule has 0 aliphatic heterocycles. The van der Waals surface area contributed by atoms with Gasteiger partial charge in [-0.3, -0.25) is 4.57 Å². The summed E-state index contributed by atoms with van der Waals surface area (Å²) in [7, 11) is 0. The maximum absolute atomic E-state index is 6.38. The van der Waals surface area contributed by atoms with E-state index in [1.54, 1.807) is 0 Å². The Morgan fingerprint density at radius 2 is 0.891 bits per heavy atom. The molecular weight excluding hydrogens is 671 g/mol. The van der Waals surface area contributed by atoms with Crippen LogP contribution < -0.4 is 4.90 Å². The van der Waals surface area contributed by atoms with Crippen molar-refractivity contribution in [2.45, 2.75) is 0 Å². The highest BCUT2D eigenvalue weighted by Crippen LogP contribution is 2.42. The summed E-state index contributed by atoms with van der Waals surface area (Å²) < 4.78 is 8.70. The first kappa shape index (κ1) is 31.1. The van der Waals surface area contributed by atoms with Gasteiger partial charge in [0.1, 0.15) is 17.0 Å². The molecule has 55 heavy (non-hydrogen) atoms. The monoisotopic (exact) mass is 703 g/mol. The van der Waals surface area contributed by atoms with Crippen molar-refractivity contribution in [2.24, 2.45) is 0 Å². The van der Waals surface area contributed by atoms with Crippen molar-refractivity contribution in [3.63, 3.8) is 0 Å². The molecule has 0 radical (unpaired) electrons. The van der Waals surface area contributed by atoms with Crippen molar-refractivity contribution in [2.75, 3.05) is 4.90 Å². The summed E-state index contributed by atoms with van der Waals surface area (Å²) >= 11 is 0. The van der Waals surface area contributed by atoms with Crippen LogP contribution >= 0.6 is 0 Å². The van der Waals surface area contributed by atoms with E-state index in [2.05, 4.69) is 198 Å². The van der Waals surface area contributed by atoms with Crippen LogP contribution in [0.5, 0.6) is 0 Å². The summed E-state index contributed by atoms with van der Waals surface area (Å²) in [4.78, 5) is 7.76. The second kappa shape index (κ2) is 12.6.